The number of anilines is 2. The molecule has 4 nitrogen and oxygen atoms in total. The number of rotatable bonds is 4. The molecule has 0 bridgehead atoms. The summed E-state index contributed by atoms with van der Waals surface area (Å²) in [5.74, 6) is 3.10. The van der Waals surface area contributed by atoms with E-state index in [1.165, 1.54) is 36.5 Å². The summed E-state index contributed by atoms with van der Waals surface area (Å²) in [6.45, 7) is 3.33. The molecular weight excluding hydrogens is 304 g/mol. The summed E-state index contributed by atoms with van der Waals surface area (Å²) >= 11 is 8.10. The van der Waals surface area contributed by atoms with Crippen LogP contribution in [0.3, 0.4) is 0 Å². The van der Waals surface area contributed by atoms with Crippen molar-refractivity contribution in [1.29, 1.82) is 0 Å². The van der Waals surface area contributed by atoms with Gasteiger partial charge in [0.25, 0.3) is 0 Å². The first-order valence-corrected chi connectivity index (χ1v) is 8.46. The molecule has 1 saturated heterocycles. The second-order valence-corrected chi connectivity index (χ2v) is 6.57. The Bertz CT molecular complexity index is 602. The number of aromatic nitrogens is 2. The van der Waals surface area contributed by atoms with E-state index in [4.69, 9.17) is 11.6 Å². The third-order valence-electron chi connectivity index (χ3n) is 3.37. The first-order valence-electron chi connectivity index (χ1n) is 6.93. The van der Waals surface area contributed by atoms with Crippen molar-refractivity contribution in [3.8, 4) is 0 Å². The fourth-order valence-electron chi connectivity index (χ4n) is 2.31. The number of benzene rings is 1. The van der Waals surface area contributed by atoms with Crippen molar-refractivity contribution in [2.75, 3.05) is 29.9 Å². The molecule has 1 aliphatic heterocycles. The number of halogens is 1. The molecule has 0 atom stereocenters. The highest BCUT2D eigenvalue weighted by Crippen LogP contribution is 2.23. The van der Waals surface area contributed by atoms with Gasteiger partial charge in [-0.05, 0) is 17.7 Å². The summed E-state index contributed by atoms with van der Waals surface area (Å²) in [5.41, 5.74) is 2.30. The fraction of sp³-hybridized carbons (Fsp3) is 0.333. The Hall–Kier alpha value is -1.30. The lowest BCUT2D eigenvalue weighted by atomic mass is 10.2. The normalized spacial score (nSPS) is 15.9. The van der Waals surface area contributed by atoms with E-state index in [1.807, 2.05) is 17.8 Å². The molecular formula is C15H17ClN4S. The molecule has 110 valence electrons. The highest BCUT2D eigenvalue weighted by Gasteiger charge is 2.11. The second kappa shape index (κ2) is 7.11. The monoisotopic (exact) mass is 320 g/mol. The van der Waals surface area contributed by atoms with Gasteiger partial charge in [0.05, 0.1) is 6.20 Å². The predicted octanol–water partition coefficient (Wildman–Crippen LogP) is 3.42. The van der Waals surface area contributed by atoms with E-state index in [0.29, 0.717) is 10.8 Å². The Morgan fingerprint density at radius 2 is 2.14 bits per heavy atom. The summed E-state index contributed by atoms with van der Waals surface area (Å²) in [7, 11) is 0. The molecule has 1 aliphatic rings. The quantitative estimate of drug-likeness (QED) is 0.934. The van der Waals surface area contributed by atoms with Crippen LogP contribution in [-0.4, -0.2) is 39.5 Å². The molecule has 0 spiro atoms. The molecule has 1 N–H and O–H groups in total. The Morgan fingerprint density at radius 1 is 1.29 bits per heavy atom. The second-order valence-electron chi connectivity index (χ2n) is 4.93. The van der Waals surface area contributed by atoms with Gasteiger partial charge in [0.1, 0.15) is 11.3 Å². The molecule has 0 radical (unpaired) electrons. The lowest BCUT2D eigenvalue weighted by Gasteiger charge is -2.26. The summed E-state index contributed by atoms with van der Waals surface area (Å²) in [6.07, 6.45) is 3.08. The zero-order valence-corrected chi connectivity index (χ0v) is 13.2. The van der Waals surface area contributed by atoms with E-state index < -0.39 is 0 Å². The van der Waals surface area contributed by atoms with Crippen LogP contribution in [0.25, 0.3) is 0 Å². The van der Waals surface area contributed by atoms with Crippen molar-refractivity contribution in [3.05, 3.63) is 47.4 Å². The third-order valence-corrected chi connectivity index (χ3v) is 4.59. The Morgan fingerprint density at radius 3 is 2.95 bits per heavy atom. The van der Waals surface area contributed by atoms with E-state index in [1.54, 1.807) is 6.20 Å². The third kappa shape index (κ3) is 4.09. The molecule has 1 aromatic heterocycles. The van der Waals surface area contributed by atoms with Gasteiger partial charge >= 0.3 is 0 Å². The van der Waals surface area contributed by atoms with Gasteiger partial charge < -0.3 is 5.32 Å². The molecule has 21 heavy (non-hydrogen) atoms. The summed E-state index contributed by atoms with van der Waals surface area (Å²) in [4.78, 5) is 10.5. The molecule has 1 fully saturated rings. The molecule has 0 unspecified atom stereocenters. The van der Waals surface area contributed by atoms with Crippen molar-refractivity contribution in [1.82, 2.24) is 14.9 Å². The average Bonchev–Trinajstić information content (AvgIpc) is 2.51. The molecule has 6 heteroatoms. The standard InChI is InChI=1S/C15H17ClN4S/c16-14-9-17-11-18-15(14)19-13-3-1-2-12(8-13)10-20-4-6-21-7-5-20/h1-3,8-9,11H,4-7,10H2,(H,17,18,19). The minimum absolute atomic E-state index is 0.524. The van der Waals surface area contributed by atoms with Crippen molar-refractivity contribution in [3.63, 3.8) is 0 Å². The maximum Gasteiger partial charge on any atom is 0.152 e. The van der Waals surface area contributed by atoms with Crippen molar-refractivity contribution >= 4 is 34.9 Å². The summed E-state index contributed by atoms with van der Waals surface area (Å²) in [6, 6.07) is 8.40. The molecule has 0 amide bonds. The van der Waals surface area contributed by atoms with Crippen molar-refractivity contribution < 1.29 is 0 Å². The first kappa shape index (κ1) is 14.6. The van der Waals surface area contributed by atoms with E-state index in [9.17, 15) is 0 Å². The predicted molar refractivity (Wildman–Crippen MR) is 89.4 cm³/mol. The number of hydrogen-bond donors (Lipinski definition) is 1. The molecule has 2 heterocycles. The van der Waals surface area contributed by atoms with Gasteiger partial charge in [-0.1, -0.05) is 23.7 Å². The van der Waals surface area contributed by atoms with E-state index in [2.05, 4.69) is 38.4 Å². The molecule has 0 aliphatic carbocycles. The number of nitrogens with zero attached hydrogens (tertiary/aromatic N) is 3. The van der Waals surface area contributed by atoms with Gasteiger partial charge in [-0.3, -0.25) is 4.90 Å². The summed E-state index contributed by atoms with van der Waals surface area (Å²) in [5, 5.41) is 3.77. The van der Waals surface area contributed by atoms with Crippen LogP contribution in [0.15, 0.2) is 36.8 Å². The SMILES string of the molecule is Clc1cncnc1Nc1cccc(CN2CCSCC2)c1. The largest absolute Gasteiger partial charge is 0.339 e. The van der Waals surface area contributed by atoms with Gasteiger partial charge in [-0.15, -0.1) is 0 Å². The van der Waals surface area contributed by atoms with Crippen molar-refractivity contribution in [2.45, 2.75) is 6.54 Å². The van der Waals surface area contributed by atoms with Crippen LogP contribution < -0.4 is 5.32 Å². The Labute approximate surface area is 133 Å². The number of nitrogens with one attached hydrogen (secondary N) is 1. The van der Waals surface area contributed by atoms with Crippen LogP contribution in [0.2, 0.25) is 5.02 Å². The van der Waals surface area contributed by atoms with Crippen LogP contribution in [0.4, 0.5) is 11.5 Å². The lowest BCUT2D eigenvalue weighted by molar-refractivity contribution is 0.294. The van der Waals surface area contributed by atoms with Crippen LogP contribution in [0.1, 0.15) is 5.56 Å². The van der Waals surface area contributed by atoms with Crippen LogP contribution >= 0.6 is 23.4 Å². The Balaban J connectivity index is 1.69. The van der Waals surface area contributed by atoms with Gasteiger partial charge in [0, 0.05) is 36.8 Å². The van der Waals surface area contributed by atoms with E-state index in [0.717, 1.165) is 12.2 Å². The molecule has 0 saturated carbocycles. The number of thioether (sulfide) groups is 1. The fourth-order valence-corrected chi connectivity index (χ4v) is 3.44. The van der Waals surface area contributed by atoms with Crippen molar-refractivity contribution in [2.24, 2.45) is 0 Å². The van der Waals surface area contributed by atoms with E-state index >= 15 is 0 Å². The minimum atomic E-state index is 0.524. The maximum atomic E-state index is 6.07. The van der Waals surface area contributed by atoms with Gasteiger partial charge in [-0.25, -0.2) is 9.97 Å². The zero-order valence-electron chi connectivity index (χ0n) is 11.6. The van der Waals surface area contributed by atoms with Gasteiger partial charge in [0.2, 0.25) is 0 Å². The molecule has 3 rings (SSSR count). The van der Waals surface area contributed by atoms with Crippen LogP contribution in [0, 0.1) is 0 Å². The maximum absolute atomic E-state index is 6.07. The first-order chi connectivity index (χ1) is 10.3. The van der Waals surface area contributed by atoms with E-state index in [-0.39, 0.29) is 0 Å². The van der Waals surface area contributed by atoms with Gasteiger partial charge in [-0.2, -0.15) is 11.8 Å². The topological polar surface area (TPSA) is 41.1 Å². The average molecular weight is 321 g/mol. The smallest absolute Gasteiger partial charge is 0.152 e. The van der Waals surface area contributed by atoms with Gasteiger partial charge in [0.15, 0.2) is 5.82 Å². The van der Waals surface area contributed by atoms with Crippen LogP contribution in [-0.2, 0) is 6.54 Å². The van der Waals surface area contributed by atoms with Crippen LogP contribution in [0.5, 0.6) is 0 Å². The number of hydrogen-bond acceptors (Lipinski definition) is 5. The lowest BCUT2D eigenvalue weighted by Crippen LogP contribution is -2.31. The minimum Gasteiger partial charge on any atom is -0.339 e. The summed E-state index contributed by atoms with van der Waals surface area (Å²) < 4.78 is 0. The Kier molecular flexibility index (Phi) is 4.95. The molecule has 1 aromatic carbocycles. The zero-order chi connectivity index (χ0) is 14.5. The highest BCUT2D eigenvalue weighted by molar-refractivity contribution is 7.99. The highest BCUT2D eigenvalue weighted by atomic mass is 35.5. The molecule has 2 aromatic rings.